The lowest BCUT2D eigenvalue weighted by Gasteiger charge is -2.21. The molecule has 1 heterocycles. The Labute approximate surface area is 172 Å². The van der Waals surface area contributed by atoms with Crippen LogP contribution in [0.4, 0.5) is 24.0 Å². The number of alkyl halides is 3. The summed E-state index contributed by atoms with van der Waals surface area (Å²) in [5, 5.41) is 3.71. The molecule has 1 N–H and O–H groups in total. The minimum absolute atomic E-state index is 0.221. The van der Waals surface area contributed by atoms with Crippen LogP contribution in [-0.4, -0.2) is 23.0 Å². The van der Waals surface area contributed by atoms with E-state index < -0.39 is 11.9 Å². The molecule has 3 nitrogen and oxygen atoms in total. The number of anilines is 2. The lowest BCUT2D eigenvalue weighted by Crippen LogP contribution is -2.27. The molecule has 0 spiro atoms. The molecule has 1 saturated carbocycles. The number of nitrogens with zero attached hydrogens (tertiary/aromatic N) is 2. The Hall–Kier alpha value is -1.31. The van der Waals surface area contributed by atoms with Crippen molar-refractivity contribution in [1.82, 2.24) is 9.88 Å². The molecule has 3 rings (SSSR count). The summed E-state index contributed by atoms with van der Waals surface area (Å²) in [6, 6.07) is 3.72. The first kappa shape index (κ1) is 21.4. The molecular weight excluding hydrogens is 407 g/mol. The molecule has 0 unspecified atom stereocenters. The highest BCUT2D eigenvalue weighted by Gasteiger charge is 2.38. The van der Waals surface area contributed by atoms with Gasteiger partial charge in [0.25, 0.3) is 0 Å². The number of hydrogen-bond donors (Lipinski definition) is 1. The number of aromatic nitrogens is 1. The van der Waals surface area contributed by atoms with E-state index in [4.69, 9.17) is 11.6 Å². The lowest BCUT2D eigenvalue weighted by atomic mass is 10.1. The Morgan fingerprint density at radius 2 is 2.00 bits per heavy atom. The van der Waals surface area contributed by atoms with Crippen LogP contribution >= 0.6 is 22.9 Å². The topological polar surface area (TPSA) is 28.2 Å². The van der Waals surface area contributed by atoms with Gasteiger partial charge < -0.3 is 5.32 Å². The van der Waals surface area contributed by atoms with Crippen LogP contribution in [-0.2, 0) is 12.7 Å². The van der Waals surface area contributed by atoms with Crippen molar-refractivity contribution in [2.24, 2.45) is 5.92 Å². The van der Waals surface area contributed by atoms with Crippen molar-refractivity contribution in [2.75, 3.05) is 18.4 Å². The predicted molar refractivity (Wildman–Crippen MR) is 110 cm³/mol. The summed E-state index contributed by atoms with van der Waals surface area (Å²) in [5.41, 5.74) is 1.68. The van der Waals surface area contributed by atoms with Crippen LogP contribution in [0.2, 0.25) is 5.02 Å². The number of hydrogen-bond acceptors (Lipinski definition) is 4. The normalized spacial score (nSPS) is 14.7. The molecule has 1 aliphatic rings. The highest BCUT2D eigenvalue weighted by atomic mass is 35.5. The maximum Gasteiger partial charge on any atom is 0.434 e. The summed E-state index contributed by atoms with van der Waals surface area (Å²) in [5.74, 6) is 0.625. The summed E-state index contributed by atoms with van der Waals surface area (Å²) in [6.07, 6.45) is -1.22. The van der Waals surface area contributed by atoms with Gasteiger partial charge in [0.05, 0.1) is 15.6 Å². The van der Waals surface area contributed by atoms with Crippen molar-refractivity contribution in [2.45, 2.75) is 52.8 Å². The Bertz CT molecular complexity index is 808. The molecule has 28 heavy (non-hydrogen) atoms. The quantitative estimate of drug-likeness (QED) is 0.498. The van der Waals surface area contributed by atoms with Crippen molar-refractivity contribution in [3.63, 3.8) is 0 Å². The number of thiazole rings is 1. The van der Waals surface area contributed by atoms with Gasteiger partial charge in [-0.1, -0.05) is 35.9 Å². The molecule has 0 saturated heterocycles. The molecule has 2 aromatic rings. The first-order valence-corrected chi connectivity index (χ1v) is 10.7. The number of nitrogens with one attached hydrogen (secondary N) is 1. The van der Waals surface area contributed by atoms with Gasteiger partial charge >= 0.3 is 6.18 Å². The number of rotatable bonds is 8. The molecule has 0 bridgehead atoms. The summed E-state index contributed by atoms with van der Waals surface area (Å²) in [4.78, 5) is 6.26. The molecule has 154 valence electrons. The van der Waals surface area contributed by atoms with Crippen LogP contribution in [0, 0.1) is 19.8 Å². The van der Waals surface area contributed by atoms with Gasteiger partial charge in [0, 0.05) is 13.1 Å². The highest BCUT2D eigenvalue weighted by Crippen LogP contribution is 2.40. The largest absolute Gasteiger partial charge is 0.434 e. The van der Waals surface area contributed by atoms with Gasteiger partial charge in [-0.15, -0.1) is 0 Å². The van der Waals surface area contributed by atoms with E-state index in [-0.39, 0.29) is 16.6 Å². The standard InChI is InChI=1S/C20H25ClF3N3S/c1-4-7-27(10-14-5-6-14)11-16-18(20(22,23)24)26-19(28-16)25-17-13(3)8-12(2)9-15(17)21/h8-9,14H,4-7,10-11H2,1-3H3,(H,25,26). The van der Waals surface area contributed by atoms with Gasteiger partial charge in [0.1, 0.15) is 0 Å². The Morgan fingerprint density at radius 3 is 2.57 bits per heavy atom. The van der Waals surface area contributed by atoms with E-state index in [1.807, 2.05) is 26.8 Å². The molecule has 8 heteroatoms. The molecule has 1 aromatic carbocycles. The fraction of sp³-hybridized carbons (Fsp3) is 0.550. The zero-order valence-electron chi connectivity index (χ0n) is 16.3. The Balaban J connectivity index is 1.87. The van der Waals surface area contributed by atoms with Gasteiger partial charge in [0.2, 0.25) is 0 Å². The monoisotopic (exact) mass is 431 g/mol. The third-order valence-electron chi connectivity index (χ3n) is 4.75. The second kappa shape index (κ2) is 8.59. The van der Waals surface area contributed by atoms with Crippen molar-refractivity contribution in [3.05, 3.63) is 38.9 Å². The first-order valence-electron chi connectivity index (χ1n) is 9.50. The van der Waals surface area contributed by atoms with Crippen molar-refractivity contribution in [1.29, 1.82) is 0 Å². The fourth-order valence-electron chi connectivity index (χ4n) is 3.33. The smallest absolute Gasteiger partial charge is 0.330 e. The number of halogens is 4. The SMILES string of the molecule is CCCN(Cc1sc(Nc2c(C)cc(C)cc2Cl)nc1C(F)(F)F)CC1CC1. The van der Waals surface area contributed by atoms with Crippen molar-refractivity contribution < 1.29 is 13.2 Å². The maximum atomic E-state index is 13.6. The molecule has 1 fully saturated rings. The average Bonchev–Trinajstić information content (AvgIpc) is 3.28. The second-order valence-corrected chi connectivity index (χ2v) is 9.02. The fourth-order valence-corrected chi connectivity index (χ4v) is 4.73. The average molecular weight is 432 g/mol. The van der Waals surface area contributed by atoms with Gasteiger partial charge in [0.15, 0.2) is 10.8 Å². The summed E-state index contributed by atoms with van der Waals surface area (Å²) < 4.78 is 40.8. The minimum atomic E-state index is -4.48. The zero-order chi connectivity index (χ0) is 20.5. The van der Waals surface area contributed by atoms with Crippen LogP contribution in [0.15, 0.2) is 12.1 Å². The first-order chi connectivity index (χ1) is 13.2. The van der Waals surface area contributed by atoms with Crippen molar-refractivity contribution in [3.8, 4) is 0 Å². The Kier molecular flexibility index (Phi) is 6.57. The minimum Gasteiger partial charge on any atom is -0.330 e. The summed E-state index contributed by atoms with van der Waals surface area (Å²) in [7, 11) is 0. The molecule has 1 aromatic heterocycles. The van der Waals surface area contributed by atoms with E-state index in [0.29, 0.717) is 16.6 Å². The van der Waals surface area contributed by atoms with E-state index in [0.717, 1.165) is 42.0 Å². The summed E-state index contributed by atoms with van der Waals surface area (Å²) >= 11 is 7.36. The van der Waals surface area contributed by atoms with Crippen LogP contribution in [0.3, 0.4) is 0 Å². The molecule has 0 aliphatic heterocycles. The summed E-state index contributed by atoms with van der Waals surface area (Å²) in [6.45, 7) is 7.77. The van der Waals surface area contributed by atoms with Crippen LogP contribution in [0.25, 0.3) is 0 Å². The molecule has 1 aliphatic carbocycles. The van der Waals surface area contributed by atoms with Crippen LogP contribution < -0.4 is 5.32 Å². The molecule has 0 radical (unpaired) electrons. The van der Waals surface area contributed by atoms with E-state index in [9.17, 15) is 13.2 Å². The third-order valence-corrected chi connectivity index (χ3v) is 6.00. The highest BCUT2D eigenvalue weighted by molar-refractivity contribution is 7.15. The number of aryl methyl sites for hydroxylation is 2. The van der Waals surface area contributed by atoms with Crippen LogP contribution in [0.5, 0.6) is 0 Å². The number of benzene rings is 1. The zero-order valence-corrected chi connectivity index (χ0v) is 17.9. The van der Waals surface area contributed by atoms with E-state index in [1.165, 1.54) is 12.8 Å². The second-order valence-electron chi connectivity index (χ2n) is 7.53. The van der Waals surface area contributed by atoms with Gasteiger partial charge in [-0.2, -0.15) is 13.2 Å². The van der Waals surface area contributed by atoms with Crippen LogP contribution in [0.1, 0.15) is 47.9 Å². The Morgan fingerprint density at radius 1 is 1.29 bits per heavy atom. The van der Waals surface area contributed by atoms with Gasteiger partial charge in [-0.25, -0.2) is 4.98 Å². The lowest BCUT2D eigenvalue weighted by molar-refractivity contribution is -0.141. The molecule has 0 amide bonds. The molecule has 0 atom stereocenters. The van der Waals surface area contributed by atoms with Gasteiger partial charge in [-0.05, 0) is 62.8 Å². The maximum absolute atomic E-state index is 13.6. The van der Waals surface area contributed by atoms with E-state index in [2.05, 4.69) is 15.2 Å². The van der Waals surface area contributed by atoms with Gasteiger partial charge in [-0.3, -0.25) is 4.90 Å². The third kappa shape index (κ3) is 5.39. The predicted octanol–water partition coefficient (Wildman–Crippen LogP) is 6.80. The van der Waals surface area contributed by atoms with Crippen molar-refractivity contribution >= 4 is 33.8 Å². The van der Waals surface area contributed by atoms with E-state index >= 15 is 0 Å². The molecular formula is C20H25ClF3N3S. The van der Waals surface area contributed by atoms with E-state index in [1.54, 1.807) is 6.07 Å².